The van der Waals surface area contributed by atoms with Gasteiger partial charge in [0.2, 0.25) is 0 Å². The fourth-order valence-electron chi connectivity index (χ4n) is 7.38. The summed E-state index contributed by atoms with van der Waals surface area (Å²) in [7, 11) is 0. The Morgan fingerprint density at radius 2 is 1.08 bits per heavy atom. The Balaban J connectivity index is 1.10. The third kappa shape index (κ3) is 4.59. The molecule has 0 atom stereocenters. The standard InChI is InChI=1S/C46H30N2O/c1-2-9-30(10-3-1)32-17-21-35(22-18-32)48(36-23-19-31-11-4-5-12-33(31)27-36)37-24-26-44-42(29-37)40-25-20-34(28-45(40)49-44)38-14-8-15-41-39-13-6-7-16-43(39)47-46(38)41/h1-29,47H. The average Bonchev–Trinajstić information content (AvgIpc) is 3.73. The molecule has 0 saturated carbocycles. The van der Waals surface area contributed by atoms with Gasteiger partial charge in [-0.05, 0) is 88.1 Å². The van der Waals surface area contributed by atoms with E-state index in [4.69, 9.17) is 4.42 Å². The van der Waals surface area contributed by atoms with Gasteiger partial charge < -0.3 is 14.3 Å². The first kappa shape index (κ1) is 27.5. The van der Waals surface area contributed by atoms with Gasteiger partial charge in [0.15, 0.2) is 0 Å². The van der Waals surface area contributed by atoms with Crippen LogP contribution < -0.4 is 4.90 Å². The number of nitrogens with one attached hydrogen (secondary N) is 1. The maximum atomic E-state index is 6.53. The van der Waals surface area contributed by atoms with E-state index in [0.717, 1.165) is 61.2 Å². The first-order chi connectivity index (χ1) is 24.3. The number of aromatic amines is 1. The summed E-state index contributed by atoms with van der Waals surface area (Å²) in [5, 5.41) is 7.09. The predicted octanol–water partition coefficient (Wildman–Crippen LogP) is 13.2. The van der Waals surface area contributed by atoms with Crippen LogP contribution in [-0.2, 0) is 0 Å². The van der Waals surface area contributed by atoms with E-state index in [1.54, 1.807) is 0 Å². The fourth-order valence-corrected chi connectivity index (χ4v) is 7.38. The van der Waals surface area contributed by atoms with Crippen molar-refractivity contribution in [2.24, 2.45) is 0 Å². The van der Waals surface area contributed by atoms with Gasteiger partial charge in [-0.3, -0.25) is 0 Å². The highest BCUT2D eigenvalue weighted by Crippen LogP contribution is 2.41. The van der Waals surface area contributed by atoms with E-state index in [2.05, 4.69) is 186 Å². The van der Waals surface area contributed by atoms with Crippen molar-refractivity contribution in [3.63, 3.8) is 0 Å². The first-order valence-electron chi connectivity index (χ1n) is 16.7. The van der Waals surface area contributed by atoms with Crippen LogP contribution in [0, 0.1) is 0 Å². The van der Waals surface area contributed by atoms with Crippen LogP contribution in [-0.4, -0.2) is 4.98 Å². The van der Waals surface area contributed by atoms with E-state index in [-0.39, 0.29) is 0 Å². The number of para-hydroxylation sites is 2. The number of furan rings is 1. The second kappa shape index (κ2) is 11.0. The van der Waals surface area contributed by atoms with E-state index < -0.39 is 0 Å². The van der Waals surface area contributed by atoms with Crippen molar-refractivity contribution >= 4 is 71.6 Å². The van der Waals surface area contributed by atoms with Crippen molar-refractivity contribution in [2.45, 2.75) is 0 Å². The molecule has 49 heavy (non-hydrogen) atoms. The second-order valence-electron chi connectivity index (χ2n) is 12.7. The molecule has 0 fully saturated rings. The lowest BCUT2D eigenvalue weighted by Crippen LogP contribution is -2.09. The maximum Gasteiger partial charge on any atom is 0.136 e. The SMILES string of the molecule is c1ccc(-c2ccc(N(c3ccc4ccccc4c3)c3ccc4oc5cc(-c6cccc7c6[nH]c6ccccc67)ccc5c4c3)cc2)cc1. The molecular weight excluding hydrogens is 597 g/mol. The third-order valence-electron chi connectivity index (χ3n) is 9.79. The number of benzene rings is 8. The van der Waals surface area contributed by atoms with Crippen molar-refractivity contribution in [1.29, 1.82) is 0 Å². The van der Waals surface area contributed by atoms with E-state index >= 15 is 0 Å². The van der Waals surface area contributed by atoms with Gasteiger partial charge in [-0.25, -0.2) is 0 Å². The first-order valence-corrected chi connectivity index (χ1v) is 16.7. The Hall–Kier alpha value is -6.58. The molecule has 2 aromatic heterocycles. The number of anilines is 3. The van der Waals surface area contributed by atoms with Gasteiger partial charge in [-0.15, -0.1) is 0 Å². The molecule has 0 aliphatic carbocycles. The molecule has 0 unspecified atom stereocenters. The highest BCUT2D eigenvalue weighted by atomic mass is 16.3. The van der Waals surface area contributed by atoms with Crippen molar-refractivity contribution in [3.8, 4) is 22.3 Å². The number of hydrogen-bond donors (Lipinski definition) is 1. The lowest BCUT2D eigenvalue weighted by Gasteiger charge is -2.26. The number of aromatic nitrogens is 1. The molecule has 3 nitrogen and oxygen atoms in total. The predicted molar refractivity (Wildman–Crippen MR) is 206 cm³/mol. The summed E-state index contributed by atoms with van der Waals surface area (Å²) >= 11 is 0. The highest BCUT2D eigenvalue weighted by Gasteiger charge is 2.17. The zero-order chi connectivity index (χ0) is 32.3. The summed E-state index contributed by atoms with van der Waals surface area (Å²) in [5.41, 5.74) is 12.0. The van der Waals surface area contributed by atoms with Crippen LogP contribution in [0.25, 0.3) is 76.8 Å². The summed E-state index contributed by atoms with van der Waals surface area (Å²) < 4.78 is 6.53. The zero-order valence-corrected chi connectivity index (χ0v) is 26.6. The summed E-state index contributed by atoms with van der Waals surface area (Å²) in [4.78, 5) is 6.00. The van der Waals surface area contributed by atoms with Crippen molar-refractivity contribution in [2.75, 3.05) is 4.90 Å². The molecule has 0 radical (unpaired) electrons. The number of rotatable bonds is 5. The van der Waals surface area contributed by atoms with Gasteiger partial charge in [-0.1, -0.05) is 115 Å². The van der Waals surface area contributed by atoms with E-state index in [1.807, 2.05) is 0 Å². The van der Waals surface area contributed by atoms with Crippen LogP contribution in [0.5, 0.6) is 0 Å². The van der Waals surface area contributed by atoms with Gasteiger partial charge in [0.05, 0.1) is 5.52 Å². The molecule has 1 N–H and O–H groups in total. The van der Waals surface area contributed by atoms with E-state index in [1.165, 1.54) is 32.7 Å². The van der Waals surface area contributed by atoms with Crippen LogP contribution in [0.2, 0.25) is 0 Å². The number of hydrogen-bond acceptors (Lipinski definition) is 2. The molecule has 0 spiro atoms. The van der Waals surface area contributed by atoms with Crippen molar-refractivity contribution < 1.29 is 4.42 Å². The molecule has 0 aliphatic rings. The largest absolute Gasteiger partial charge is 0.456 e. The number of nitrogens with zero attached hydrogens (tertiary/aromatic N) is 1. The second-order valence-corrected chi connectivity index (χ2v) is 12.7. The molecule has 0 amide bonds. The molecule has 10 aromatic rings. The molecule has 230 valence electrons. The Morgan fingerprint density at radius 1 is 0.388 bits per heavy atom. The molecule has 0 bridgehead atoms. The topological polar surface area (TPSA) is 32.2 Å². The maximum absolute atomic E-state index is 6.53. The summed E-state index contributed by atoms with van der Waals surface area (Å²) in [6, 6.07) is 62.7. The molecule has 0 aliphatic heterocycles. The fraction of sp³-hybridized carbons (Fsp3) is 0. The smallest absolute Gasteiger partial charge is 0.136 e. The van der Waals surface area contributed by atoms with Crippen LogP contribution in [0.1, 0.15) is 0 Å². The molecule has 10 rings (SSSR count). The Kier molecular flexibility index (Phi) is 6.18. The average molecular weight is 627 g/mol. The summed E-state index contributed by atoms with van der Waals surface area (Å²) in [6.45, 7) is 0. The normalized spacial score (nSPS) is 11.7. The van der Waals surface area contributed by atoms with Crippen LogP contribution >= 0.6 is 0 Å². The Bertz CT molecular complexity index is 2830. The van der Waals surface area contributed by atoms with E-state index in [0.29, 0.717) is 0 Å². The lowest BCUT2D eigenvalue weighted by atomic mass is 10.0. The Morgan fingerprint density at radius 3 is 1.98 bits per heavy atom. The van der Waals surface area contributed by atoms with Gasteiger partial charge in [-0.2, -0.15) is 0 Å². The van der Waals surface area contributed by atoms with Crippen LogP contribution in [0.15, 0.2) is 180 Å². The molecule has 2 heterocycles. The lowest BCUT2D eigenvalue weighted by molar-refractivity contribution is 0.669. The zero-order valence-electron chi connectivity index (χ0n) is 26.6. The molecular formula is C46H30N2O. The van der Waals surface area contributed by atoms with Gasteiger partial charge >= 0.3 is 0 Å². The molecule has 8 aromatic carbocycles. The molecule has 3 heteroatoms. The quantitative estimate of drug-likeness (QED) is 0.206. The highest BCUT2D eigenvalue weighted by molar-refractivity contribution is 6.13. The van der Waals surface area contributed by atoms with E-state index in [9.17, 15) is 0 Å². The van der Waals surface area contributed by atoms with Crippen LogP contribution in [0.3, 0.4) is 0 Å². The minimum absolute atomic E-state index is 0.873. The Labute approximate surface area is 283 Å². The summed E-state index contributed by atoms with van der Waals surface area (Å²) in [6.07, 6.45) is 0. The van der Waals surface area contributed by atoms with Gasteiger partial charge in [0.1, 0.15) is 11.2 Å². The number of H-pyrrole nitrogens is 1. The third-order valence-corrected chi connectivity index (χ3v) is 9.79. The van der Waals surface area contributed by atoms with Crippen molar-refractivity contribution in [3.05, 3.63) is 176 Å². The van der Waals surface area contributed by atoms with Crippen LogP contribution in [0.4, 0.5) is 17.1 Å². The number of fused-ring (bicyclic) bond motifs is 7. The minimum Gasteiger partial charge on any atom is -0.456 e. The minimum atomic E-state index is 0.873. The molecule has 0 saturated heterocycles. The van der Waals surface area contributed by atoms with Crippen molar-refractivity contribution in [1.82, 2.24) is 4.98 Å². The monoisotopic (exact) mass is 626 g/mol. The summed E-state index contributed by atoms with van der Waals surface area (Å²) in [5.74, 6) is 0. The van der Waals surface area contributed by atoms with Gasteiger partial charge in [0.25, 0.3) is 0 Å². The van der Waals surface area contributed by atoms with Gasteiger partial charge in [0, 0.05) is 49.7 Å².